The number of methoxy groups -OCH3 is 2. The molecule has 0 bridgehead atoms. The molecule has 1 saturated heterocycles. The van der Waals surface area contributed by atoms with Crippen molar-refractivity contribution in [1.29, 1.82) is 0 Å². The molecular weight excluding hydrogens is 376 g/mol. The number of carbonyl (C=O) groups excluding carboxylic acids is 1. The molecule has 27 heavy (non-hydrogen) atoms. The fourth-order valence-electron chi connectivity index (χ4n) is 3.03. The molecule has 1 unspecified atom stereocenters. The first-order valence-electron chi connectivity index (χ1n) is 8.22. The van der Waals surface area contributed by atoms with Crippen molar-refractivity contribution in [3.63, 3.8) is 0 Å². The number of nitro benzene ring substituents is 1. The molecule has 2 rings (SSSR count). The number of thioether (sulfide) groups is 1. The van der Waals surface area contributed by atoms with Gasteiger partial charge in [-0.15, -0.1) is 11.8 Å². The lowest BCUT2D eigenvalue weighted by Gasteiger charge is -2.23. The first-order valence-corrected chi connectivity index (χ1v) is 9.37. The summed E-state index contributed by atoms with van der Waals surface area (Å²) in [6.45, 7) is 0.571. The lowest BCUT2D eigenvalue weighted by molar-refractivity contribution is -0.385. The minimum Gasteiger partial charge on any atom is -0.490 e. The molecule has 0 aromatic heterocycles. The van der Waals surface area contributed by atoms with Crippen molar-refractivity contribution in [2.75, 3.05) is 39.7 Å². The molecule has 1 heterocycles. The van der Waals surface area contributed by atoms with Crippen LogP contribution in [0.1, 0.15) is 12.0 Å². The van der Waals surface area contributed by atoms with Crippen LogP contribution in [-0.4, -0.2) is 66.5 Å². The molecule has 1 N–H and O–H groups in total. The Hall–Kier alpha value is -2.33. The van der Waals surface area contributed by atoms with E-state index in [2.05, 4.69) is 0 Å². The molecule has 1 aliphatic heterocycles. The summed E-state index contributed by atoms with van der Waals surface area (Å²) in [7, 11) is 2.81. The van der Waals surface area contributed by atoms with Crippen molar-refractivity contribution in [3.8, 4) is 5.75 Å². The molecular formula is C17H22N2O7S. The predicted octanol–water partition coefficient (Wildman–Crippen LogP) is 1.79. The number of nitrogens with zero attached hydrogens (tertiary/aromatic N) is 2. The fraction of sp³-hybridized carbons (Fsp3) is 0.529. The number of carboxylic acid groups (broad SMARTS) is 1. The summed E-state index contributed by atoms with van der Waals surface area (Å²) < 4.78 is 9.98. The number of hydrogen-bond acceptors (Lipinski definition) is 7. The minimum absolute atomic E-state index is 0.0643. The molecule has 1 aliphatic rings. The van der Waals surface area contributed by atoms with Crippen LogP contribution >= 0.6 is 11.8 Å². The van der Waals surface area contributed by atoms with E-state index in [1.807, 2.05) is 0 Å². The van der Waals surface area contributed by atoms with Gasteiger partial charge in [0.25, 0.3) is 0 Å². The molecule has 148 valence electrons. The zero-order valence-electron chi connectivity index (χ0n) is 15.2. The number of rotatable bonds is 9. The second-order valence-electron chi connectivity index (χ2n) is 6.34. The van der Waals surface area contributed by atoms with Gasteiger partial charge in [0.05, 0.1) is 24.4 Å². The Morgan fingerprint density at radius 3 is 2.74 bits per heavy atom. The van der Waals surface area contributed by atoms with Crippen molar-refractivity contribution in [2.45, 2.75) is 12.2 Å². The number of likely N-dealkylation sites (tertiary alicyclic amines) is 1. The Morgan fingerprint density at radius 2 is 2.15 bits per heavy atom. The van der Waals surface area contributed by atoms with Gasteiger partial charge in [-0.2, -0.15) is 0 Å². The number of amides is 1. The van der Waals surface area contributed by atoms with Crippen LogP contribution in [0.5, 0.6) is 5.75 Å². The first-order chi connectivity index (χ1) is 12.8. The summed E-state index contributed by atoms with van der Waals surface area (Å²) in [4.78, 5) is 36.0. The molecule has 1 atom stereocenters. The zero-order valence-corrected chi connectivity index (χ0v) is 16.0. The van der Waals surface area contributed by atoms with Gasteiger partial charge >= 0.3 is 11.7 Å². The lowest BCUT2D eigenvalue weighted by atomic mass is 9.88. The molecule has 0 radical (unpaired) electrons. The number of nitro groups is 1. The molecule has 1 fully saturated rings. The average Bonchev–Trinajstić information content (AvgIpc) is 3.07. The second kappa shape index (κ2) is 9.05. The molecule has 1 aromatic carbocycles. The highest BCUT2D eigenvalue weighted by atomic mass is 32.2. The minimum atomic E-state index is -1.05. The van der Waals surface area contributed by atoms with Crippen molar-refractivity contribution in [1.82, 2.24) is 4.90 Å². The number of ether oxygens (including phenoxy) is 2. The van der Waals surface area contributed by atoms with E-state index < -0.39 is 16.3 Å². The molecule has 0 saturated carbocycles. The van der Waals surface area contributed by atoms with Gasteiger partial charge in [0.2, 0.25) is 5.91 Å². The van der Waals surface area contributed by atoms with Gasteiger partial charge in [0.1, 0.15) is 5.41 Å². The Balaban J connectivity index is 1.91. The second-order valence-corrected chi connectivity index (χ2v) is 7.33. The quantitative estimate of drug-likeness (QED) is 0.494. The number of carbonyl (C=O) groups is 2. The third kappa shape index (κ3) is 4.89. The zero-order chi connectivity index (χ0) is 20.0. The molecule has 0 spiro atoms. The monoisotopic (exact) mass is 398 g/mol. The maximum Gasteiger partial charge on any atom is 0.313 e. The highest BCUT2D eigenvalue weighted by molar-refractivity contribution is 7.99. The van der Waals surface area contributed by atoms with Gasteiger partial charge in [0.15, 0.2) is 5.75 Å². The SMILES string of the molecule is COCC1(C(=O)O)CCN(C(=O)CSCc2ccc(OC)c([N+](=O)[O-])c2)C1. The molecule has 0 aliphatic carbocycles. The average molecular weight is 398 g/mol. The maximum absolute atomic E-state index is 12.4. The van der Waals surface area contributed by atoms with Gasteiger partial charge in [-0.25, -0.2) is 0 Å². The predicted molar refractivity (Wildman–Crippen MR) is 99.0 cm³/mol. The number of hydrogen-bond donors (Lipinski definition) is 1. The van der Waals surface area contributed by atoms with Crippen molar-refractivity contribution >= 4 is 29.3 Å². The third-order valence-electron chi connectivity index (χ3n) is 4.52. The van der Waals surface area contributed by atoms with Crippen LogP contribution in [0.2, 0.25) is 0 Å². The van der Waals surface area contributed by atoms with E-state index in [-0.39, 0.29) is 36.2 Å². The number of aliphatic carboxylic acids is 1. The Labute approximate surface area is 160 Å². The third-order valence-corrected chi connectivity index (χ3v) is 5.50. The van der Waals surface area contributed by atoms with Crippen LogP contribution in [0.4, 0.5) is 5.69 Å². The lowest BCUT2D eigenvalue weighted by Crippen LogP contribution is -2.40. The smallest absolute Gasteiger partial charge is 0.313 e. The first kappa shape index (κ1) is 21.0. The van der Waals surface area contributed by atoms with E-state index in [0.717, 1.165) is 0 Å². The Bertz CT molecular complexity index is 727. The Kier molecular flexibility index (Phi) is 7.03. The summed E-state index contributed by atoms with van der Waals surface area (Å²) in [5, 5.41) is 20.5. The Morgan fingerprint density at radius 1 is 1.41 bits per heavy atom. The van der Waals surface area contributed by atoms with Crippen LogP contribution in [0.15, 0.2) is 18.2 Å². The normalized spacial score (nSPS) is 19.1. The summed E-state index contributed by atoms with van der Waals surface area (Å²) in [5.74, 6) is -0.333. The standard InChI is InChI=1S/C17H22N2O7S/c1-25-11-17(16(21)22)5-6-18(10-17)15(20)9-27-8-12-3-4-14(26-2)13(7-12)19(23)24/h3-4,7H,5-6,8-11H2,1-2H3,(H,21,22). The van der Waals surface area contributed by atoms with Crippen LogP contribution in [0.3, 0.4) is 0 Å². The van der Waals surface area contributed by atoms with Gasteiger partial charge in [-0.1, -0.05) is 6.07 Å². The number of benzene rings is 1. The maximum atomic E-state index is 12.4. The van der Waals surface area contributed by atoms with Gasteiger partial charge in [-0.05, 0) is 18.1 Å². The summed E-state index contributed by atoms with van der Waals surface area (Å²) >= 11 is 1.32. The van der Waals surface area contributed by atoms with E-state index in [1.165, 1.54) is 43.0 Å². The van der Waals surface area contributed by atoms with Crippen LogP contribution in [-0.2, 0) is 20.1 Å². The topological polar surface area (TPSA) is 119 Å². The molecule has 9 nitrogen and oxygen atoms in total. The number of carboxylic acids is 1. The fourth-order valence-corrected chi connectivity index (χ4v) is 3.91. The van der Waals surface area contributed by atoms with Crippen LogP contribution in [0.25, 0.3) is 0 Å². The van der Waals surface area contributed by atoms with Gasteiger partial charge in [-0.3, -0.25) is 19.7 Å². The van der Waals surface area contributed by atoms with Crippen LogP contribution in [0, 0.1) is 15.5 Å². The molecule has 10 heteroatoms. The highest BCUT2D eigenvalue weighted by Crippen LogP contribution is 2.32. The van der Waals surface area contributed by atoms with Crippen molar-refractivity contribution in [2.24, 2.45) is 5.41 Å². The summed E-state index contributed by atoms with van der Waals surface area (Å²) in [6, 6.07) is 4.68. The van der Waals surface area contributed by atoms with E-state index in [0.29, 0.717) is 24.3 Å². The van der Waals surface area contributed by atoms with E-state index >= 15 is 0 Å². The van der Waals surface area contributed by atoms with Gasteiger partial charge < -0.3 is 19.5 Å². The van der Waals surface area contributed by atoms with Crippen LogP contribution < -0.4 is 4.74 Å². The summed E-state index contributed by atoms with van der Waals surface area (Å²) in [6.07, 6.45) is 0.358. The largest absolute Gasteiger partial charge is 0.490 e. The molecule has 1 amide bonds. The van der Waals surface area contributed by atoms with E-state index in [1.54, 1.807) is 6.07 Å². The highest BCUT2D eigenvalue weighted by Gasteiger charge is 2.46. The molecule has 1 aromatic rings. The van der Waals surface area contributed by atoms with Gasteiger partial charge in [0, 0.05) is 32.0 Å². The summed E-state index contributed by atoms with van der Waals surface area (Å²) in [5.41, 5.74) is -0.459. The van der Waals surface area contributed by atoms with E-state index in [4.69, 9.17) is 9.47 Å². The van der Waals surface area contributed by atoms with E-state index in [9.17, 15) is 24.8 Å². The van der Waals surface area contributed by atoms with Crippen molar-refractivity contribution in [3.05, 3.63) is 33.9 Å². The van der Waals surface area contributed by atoms with Crippen molar-refractivity contribution < 1.29 is 29.1 Å².